The Bertz CT molecular complexity index is 979. The number of nitrogens with one attached hydrogen (secondary N) is 1. The van der Waals surface area contributed by atoms with Crippen LogP contribution in [0.2, 0.25) is 5.02 Å². The van der Waals surface area contributed by atoms with Gasteiger partial charge in [0, 0.05) is 24.9 Å². The predicted molar refractivity (Wildman–Crippen MR) is 124 cm³/mol. The molecule has 2 aromatic rings. The van der Waals surface area contributed by atoms with Gasteiger partial charge in [0.1, 0.15) is 5.82 Å². The lowest BCUT2D eigenvalue weighted by Gasteiger charge is -2.33. The molecule has 1 saturated carbocycles. The number of rotatable bonds is 5. The van der Waals surface area contributed by atoms with E-state index < -0.39 is 5.97 Å². The number of carboxylic acids is 1. The first kappa shape index (κ1) is 21.9. The average molecular weight is 444 g/mol. The van der Waals surface area contributed by atoms with Gasteiger partial charge in [0.15, 0.2) is 0 Å². The Hall–Kier alpha value is -2.34. The summed E-state index contributed by atoms with van der Waals surface area (Å²) in [6, 6.07) is 7.52. The molecule has 6 nitrogen and oxygen atoms in total. The van der Waals surface area contributed by atoms with Gasteiger partial charge in [-0.3, -0.25) is 9.59 Å². The van der Waals surface area contributed by atoms with Crippen LogP contribution in [-0.4, -0.2) is 35.1 Å². The molecule has 2 heterocycles. The van der Waals surface area contributed by atoms with E-state index in [1.807, 2.05) is 18.2 Å². The molecule has 1 aliphatic heterocycles. The van der Waals surface area contributed by atoms with Crippen molar-refractivity contribution in [3.8, 4) is 0 Å². The molecule has 166 valence electrons. The van der Waals surface area contributed by atoms with E-state index in [0.29, 0.717) is 43.1 Å². The summed E-state index contributed by atoms with van der Waals surface area (Å²) in [6.45, 7) is 3.55. The molecule has 1 aromatic carbocycles. The topological polar surface area (TPSA) is 82.5 Å². The highest BCUT2D eigenvalue weighted by molar-refractivity contribution is 6.35. The number of halogens is 1. The van der Waals surface area contributed by atoms with Gasteiger partial charge < -0.3 is 15.3 Å². The maximum Gasteiger partial charge on any atom is 0.306 e. The summed E-state index contributed by atoms with van der Waals surface area (Å²) in [5, 5.41) is 13.6. The summed E-state index contributed by atoms with van der Waals surface area (Å²) in [4.78, 5) is 30.9. The van der Waals surface area contributed by atoms with Crippen molar-refractivity contribution in [2.75, 3.05) is 23.3 Å². The van der Waals surface area contributed by atoms with Crippen molar-refractivity contribution in [1.82, 2.24) is 4.98 Å². The average Bonchev–Trinajstić information content (AvgIpc) is 2.75. The van der Waals surface area contributed by atoms with Gasteiger partial charge in [0.05, 0.1) is 22.1 Å². The Morgan fingerprint density at radius 1 is 1.16 bits per heavy atom. The van der Waals surface area contributed by atoms with Gasteiger partial charge >= 0.3 is 5.97 Å². The fraction of sp³-hybridized carbons (Fsp3) is 0.542. The fourth-order valence-electron chi connectivity index (χ4n) is 4.98. The van der Waals surface area contributed by atoms with Gasteiger partial charge in [-0.15, -0.1) is 0 Å². The van der Waals surface area contributed by atoms with Crippen LogP contribution in [0.4, 0.5) is 11.5 Å². The van der Waals surface area contributed by atoms with Crippen LogP contribution in [0.25, 0.3) is 10.9 Å². The number of aromatic nitrogens is 1. The minimum atomic E-state index is -0.719. The first-order chi connectivity index (χ1) is 14.8. The summed E-state index contributed by atoms with van der Waals surface area (Å²) in [6.07, 6.45) is 7.56. The van der Waals surface area contributed by atoms with Crippen molar-refractivity contribution in [2.45, 2.75) is 58.3 Å². The molecule has 4 rings (SSSR count). The van der Waals surface area contributed by atoms with Gasteiger partial charge in [0.2, 0.25) is 5.91 Å². The quantitative estimate of drug-likeness (QED) is 0.638. The van der Waals surface area contributed by atoms with Gasteiger partial charge in [0.25, 0.3) is 0 Å². The molecule has 2 N–H and O–H groups in total. The van der Waals surface area contributed by atoms with Crippen molar-refractivity contribution in [3.63, 3.8) is 0 Å². The molecule has 0 radical (unpaired) electrons. The molecule has 2 fully saturated rings. The summed E-state index contributed by atoms with van der Waals surface area (Å²) >= 11 is 6.45. The molecule has 2 aliphatic rings. The molecule has 0 bridgehead atoms. The zero-order valence-corrected chi connectivity index (χ0v) is 18.7. The molecular weight excluding hydrogens is 414 g/mol. The van der Waals surface area contributed by atoms with Crippen molar-refractivity contribution in [1.29, 1.82) is 0 Å². The first-order valence-corrected chi connectivity index (χ1v) is 11.6. The second kappa shape index (κ2) is 9.03. The summed E-state index contributed by atoms with van der Waals surface area (Å²) in [5.41, 5.74) is 1.45. The largest absolute Gasteiger partial charge is 0.481 e. The van der Waals surface area contributed by atoms with E-state index in [2.05, 4.69) is 17.1 Å². The van der Waals surface area contributed by atoms with Crippen LogP contribution in [0.15, 0.2) is 24.3 Å². The van der Waals surface area contributed by atoms with Crippen molar-refractivity contribution in [2.24, 2.45) is 11.3 Å². The van der Waals surface area contributed by atoms with Crippen molar-refractivity contribution < 1.29 is 14.7 Å². The van der Waals surface area contributed by atoms with Gasteiger partial charge in [-0.2, -0.15) is 0 Å². The smallest absolute Gasteiger partial charge is 0.306 e. The van der Waals surface area contributed by atoms with Crippen LogP contribution >= 0.6 is 11.6 Å². The van der Waals surface area contributed by atoms with Crippen molar-refractivity contribution in [3.05, 3.63) is 29.3 Å². The zero-order chi connectivity index (χ0) is 22.0. The summed E-state index contributed by atoms with van der Waals surface area (Å²) < 4.78 is 0. The molecule has 1 aliphatic carbocycles. The number of amides is 1. The third-order valence-corrected chi connectivity index (χ3v) is 7.20. The molecule has 1 amide bonds. The maximum atomic E-state index is 12.8. The Labute approximate surface area is 188 Å². The molecule has 0 spiro atoms. The number of fused-ring (bicyclic) bond motifs is 1. The van der Waals surface area contributed by atoms with E-state index in [9.17, 15) is 14.7 Å². The number of hydrogen-bond donors (Lipinski definition) is 2. The molecule has 31 heavy (non-hydrogen) atoms. The number of carbonyl (C=O) groups excluding carboxylic acids is 1. The minimum absolute atomic E-state index is 0.00128. The molecule has 0 unspecified atom stereocenters. The van der Waals surface area contributed by atoms with E-state index >= 15 is 0 Å². The number of carboxylic acid groups (broad SMARTS) is 1. The number of anilines is 2. The highest BCUT2D eigenvalue weighted by atomic mass is 35.5. The van der Waals surface area contributed by atoms with Gasteiger partial charge in [-0.05, 0) is 55.4 Å². The van der Waals surface area contributed by atoms with Crippen LogP contribution in [0.1, 0.15) is 58.3 Å². The van der Waals surface area contributed by atoms with Crippen LogP contribution in [0.5, 0.6) is 0 Å². The number of pyridine rings is 1. The van der Waals surface area contributed by atoms with Gasteiger partial charge in [-0.1, -0.05) is 37.8 Å². The van der Waals surface area contributed by atoms with Crippen LogP contribution in [0.3, 0.4) is 0 Å². The third kappa shape index (κ3) is 4.95. The summed E-state index contributed by atoms with van der Waals surface area (Å²) in [7, 11) is 0. The van der Waals surface area contributed by atoms with Crippen LogP contribution in [0, 0.1) is 11.3 Å². The second-order valence-electron chi connectivity index (χ2n) is 9.35. The number of piperidine rings is 1. The summed E-state index contributed by atoms with van der Waals surface area (Å²) in [5.74, 6) is -0.171. The zero-order valence-electron chi connectivity index (χ0n) is 18.0. The Kier molecular flexibility index (Phi) is 6.37. The second-order valence-corrected chi connectivity index (χ2v) is 9.76. The highest BCUT2D eigenvalue weighted by Gasteiger charge is 2.30. The van der Waals surface area contributed by atoms with E-state index in [1.165, 1.54) is 19.3 Å². The molecule has 7 heteroatoms. The molecule has 1 saturated heterocycles. The van der Waals surface area contributed by atoms with E-state index in [4.69, 9.17) is 16.6 Å². The lowest BCUT2D eigenvalue weighted by molar-refractivity contribution is -0.142. The lowest BCUT2D eigenvalue weighted by Crippen LogP contribution is -2.36. The number of carbonyl (C=O) groups is 2. The predicted octanol–water partition coefficient (Wildman–Crippen LogP) is 5.49. The standard InChI is InChI=1S/C24H30ClN3O3/c1-24(11-3-2-4-12-24)15-21(29)27-22-17-5-8-20(26-19(17)7-6-18(22)25)28-13-9-16(10-14-28)23(30)31/h5-8,16H,2-4,9-15H2,1H3,(H,27,29)(H,30,31). The van der Waals surface area contributed by atoms with Crippen LogP contribution in [-0.2, 0) is 9.59 Å². The molecule has 0 atom stereocenters. The number of aliphatic carboxylic acids is 1. The SMILES string of the molecule is CC1(CC(=O)Nc2c(Cl)ccc3nc(N4CCC(C(=O)O)CC4)ccc23)CCCCC1. The first-order valence-electron chi connectivity index (χ1n) is 11.2. The molecular formula is C24H30ClN3O3. The maximum absolute atomic E-state index is 12.8. The van der Waals surface area contributed by atoms with E-state index in [0.717, 1.165) is 29.6 Å². The monoisotopic (exact) mass is 443 g/mol. The molecule has 1 aromatic heterocycles. The highest BCUT2D eigenvalue weighted by Crippen LogP contribution is 2.39. The number of nitrogens with zero attached hydrogens (tertiary/aromatic N) is 2. The lowest BCUT2D eigenvalue weighted by atomic mass is 9.73. The Morgan fingerprint density at radius 3 is 2.55 bits per heavy atom. The van der Waals surface area contributed by atoms with Crippen molar-refractivity contribution >= 4 is 45.9 Å². The van der Waals surface area contributed by atoms with Crippen LogP contribution < -0.4 is 10.2 Å². The Morgan fingerprint density at radius 2 is 1.87 bits per heavy atom. The normalized spacial score (nSPS) is 19.4. The Balaban J connectivity index is 1.51. The fourth-order valence-corrected chi connectivity index (χ4v) is 5.19. The van der Waals surface area contributed by atoms with Gasteiger partial charge in [-0.25, -0.2) is 4.98 Å². The third-order valence-electron chi connectivity index (χ3n) is 6.89. The van der Waals surface area contributed by atoms with E-state index in [-0.39, 0.29) is 17.2 Å². The number of hydrogen-bond acceptors (Lipinski definition) is 4. The van der Waals surface area contributed by atoms with E-state index in [1.54, 1.807) is 6.07 Å². The minimum Gasteiger partial charge on any atom is -0.481 e. The number of benzene rings is 1.